The van der Waals surface area contributed by atoms with Crippen molar-refractivity contribution in [3.8, 4) is 5.75 Å². The maximum Gasteiger partial charge on any atom is 1.00 e. The Bertz CT molecular complexity index is 384. The number of benzene rings is 1. The van der Waals surface area contributed by atoms with E-state index in [9.17, 15) is 17.3 Å². The number of hydrogen-bond donors (Lipinski definition) is 0. The molecule has 0 bridgehead atoms. The van der Waals surface area contributed by atoms with Crippen molar-refractivity contribution in [3.05, 3.63) is 24.0 Å². The summed E-state index contributed by atoms with van der Waals surface area (Å²) in [5, 5.41) is 0. The van der Waals surface area contributed by atoms with E-state index in [2.05, 4.69) is 0 Å². The minimum atomic E-state index is -5.26. The third-order valence-corrected chi connectivity index (χ3v) is 2.54. The standard InChI is InChI=1S/C11H14BF4O.K/c1-3-8(2)7-17-11-5-4-9(13)6-10(11)12(14,15)16;/h4-6,8H,3,7H2,1-2H3;/q-1;+1. The first-order valence-corrected chi connectivity index (χ1v) is 5.46. The van der Waals surface area contributed by atoms with Crippen LogP contribution in [0, 0.1) is 11.7 Å². The van der Waals surface area contributed by atoms with Gasteiger partial charge in [0, 0.05) is 0 Å². The van der Waals surface area contributed by atoms with E-state index in [1.54, 1.807) is 0 Å². The molecule has 1 atom stereocenters. The SMILES string of the molecule is CCC(C)COc1ccc(F)cc1[B-](F)(F)F.[K+]. The average molecular weight is 288 g/mol. The van der Waals surface area contributed by atoms with Crippen LogP contribution in [0.5, 0.6) is 5.75 Å². The Morgan fingerprint density at radius 2 is 1.89 bits per heavy atom. The summed E-state index contributed by atoms with van der Waals surface area (Å²) in [5.41, 5.74) is -1.01. The summed E-state index contributed by atoms with van der Waals surface area (Å²) in [4.78, 5) is 0. The van der Waals surface area contributed by atoms with Gasteiger partial charge in [0.1, 0.15) is 5.82 Å². The summed E-state index contributed by atoms with van der Waals surface area (Å²) in [6, 6.07) is 2.48. The third kappa shape index (κ3) is 5.61. The van der Waals surface area contributed by atoms with Gasteiger partial charge in [0.2, 0.25) is 0 Å². The smallest absolute Gasteiger partial charge is 0.496 e. The molecular formula is C11H14BF4KO. The number of hydrogen-bond acceptors (Lipinski definition) is 1. The Kier molecular flexibility index (Phi) is 8.09. The Hall–Kier alpha value is 0.441. The second-order valence-corrected chi connectivity index (χ2v) is 4.08. The molecule has 0 aliphatic carbocycles. The molecule has 0 radical (unpaired) electrons. The molecule has 1 rings (SSSR count). The van der Waals surface area contributed by atoms with Crippen molar-refractivity contribution in [1.29, 1.82) is 0 Å². The van der Waals surface area contributed by atoms with Gasteiger partial charge in [0.25, 0.3) is 0 Å². The molecule has 1 aromatic rings. The van der Waals surface area contributed by atoms with Crippen LogP contribution in [-0.4, -0.2) is 13.6 Å². The molecule has 0 saturated carbocycles. The Morgan fingerprint density at radius 1 is 1.28 bits per heavy atom. The normalized spacial score (nSPS) is 12.8. The number of halogens is 4. The van der Waals surface area contributed by atoms with Gasteiger partial charge in [-0.2, -0.15) is 0 Å². The van der Waals surface area contributed by atoms with Crippen LogP contribution in [0.3, 0.4) is 0 Å². The van der Waals surface area contributed by atoms with Gasteiger partial charge in [-0.25, -0.2) is 4.39 Å². The molecule has 96 valence electrons. The third-order valence-electron chi connectivity index (χ3n) is 2.54. The van der Waals surface area contributed by atoms with Crippen LogP contribution in [-0.2, 0) is 0 Å². The second-order valence-electron chi connectivity index (χ2n) is 4.08. The van der Waals surface area contributed by atoms with Crippen LogP contribution in [0.1, 0.15) is 20.3 Å². The summed E-state index contributed by atoms with van der Waals surface area (Å²) in [6.45, 7) is -1.26. The first kappa shape index (κ1) is 18.4. The van der Waals surface area contributed by atoms with Crippen molar-refractivity contribution >= 4 is 12.4 Å². The molecule has 18 heavy (non-hydrogen) atoms. The minimum absolute atomic E-state index is 0. The van der Waals surface area contributed by atoms with Crippen molar-refractivity contribution < 1.29 is 73.5 Å². The molecule has 0 heterocycles. The van der Waals surface area contributed by atoms with Crippen molar-refractivity contribution in [2.45, 2.75) is 20.3 Å². The van der Waals surface area contributed by atoms with Crippen molar-refractivity contribution in [2.24, 2.45) is 5.92 Å². The van der Waals surface area contributed by atoms with Crippen molar-refractivity contribution in [3.63, 3.8) is 0 Å². The van der Waals surface area contributed by atoms with Gasteiger partial charge in [-0.3, -0.25) is 0 Å². The van der Waals surface area contributed by atoms with Crippen LogP contribution in [0.2, 0.25) is 0 Å². The Morgan fingerprint density at radius 3 is 2.39 bits per heavy atom. The molecule has 0 amide bonds. The summed E-state index contributed by atoms with van der Waals surface area (Å²) in [5.74, 6) is -1.04. The van der Waals surface area contributed by atoms with Gasteiger partial charge in [-0.1, -0.05) is 25.7 Å². The van der Waals surface area contributed by atoms with E-state index in [1.165, 1.54) is 0 Å². The molecule has 0 saturated heterocycles. The van der Waals surface area contributed by atoms with E-state index in [0.29, 0.717) is 6.07 Å². The zero-order valence-corrected chi connectivity index (χ0v) is 13.8. The van der Waals surface area contributed by atoms with E-state index in [4.69, 9.17) is 4.74 Å². The van der Waals surface area contributed by atoms with Crippen molar-refractivity contribution in [1.82, 2.24) is 0 Å². The monoisotopic (exact) mass is 288 g/mol. The van der Waals surface area contributed by atoms with E-state index in [-0.39, 0.29) is 69.7 Å². The summed E-state index contributed by atoms with van der Waals surface area (Å²) < 4.78 is 55.8. The summed E-state index contributed by atoms with van der Waals surface area (Å²) in [6.07, 6.45) is 0.813. The fourth-order valence-corrected chi connectivity index (χ4v) is 1.26. The average Bonchev–Trinajstić information content (AvgIpc) is 2.25. The summed E-state index contributed by atoms with van der Waals surface area (Å²) >= 11 is 0. The van der Waals surface area contributed by atoms with E-state index < -0.39 is 18.3 Å². The maximum absolute atomic E-state index is 12.8. The molecule has 0 aliphatic rings. The molecule has 0 aromatic heterocycles. The first-order chi connectivity index (χ1) is 7.84. The molecule has 7 heteroatoms. The molecule has 1 unspecified atom stereocenters. The van der Waals surface area contributed by atoms with E-state index in [1.807, 2.05) is 13.8 Å². The predicted molar refractivity (Wildman–Crippen MR) is 60.1 cm³/mol. The van der Waals surface area contributed by atoms with Crippen molar-refractivity contribution in [2.75, 3.05) is 6.61 Å². The molecule has 0 fully saturated rings. The topological polar surface area (TPSA) is 9.23 Å². The second kappa shape index (κ2) is 7.89. The number of ether oxygens (including phenoxy) is 1. The zero-order valence-electron chi connectivity index (χ0n) is 10.7. The number of rotatable bonds is 5. The molecule has 0 aliphatic heterocycles. The largest absolute Gasteiger partial charge is 1.00 e. The summed E-state index contributed by atoms with van der Waals surface area (Å²) in [7, 11) is 0. The van der Waals surface area contributed by atoms with Gasteiger partial charge >= 0.3 is 58.4 Å². The molecular weight excluding hydrogens is 274 g/mol. The molecule has 1 nitrogen and oxygen atoms in total. The van der Waals surface area contributed by atoms with E-state index in [0.717, 1.165) is 18.6 Å². The molecule has 0 spiro atoms. The van der Waals surface area contributed by atoms with Gasteiger partial charge in [0.05, 0.1) is 12.4 Å². The van der Waals surface area contributed by atoms with E-state index >= 15 is 0 Å². The van der Waals surface area contributed by atoms with Gasteiger partial charge in [-0.15, -0.1) is 0 Å². The Labute approximate surface area is 147 Å². The van der Waals surface area contributed by atoms with Crippen LogP contribution in [0.25, 0.3) is 0 Å². The molecule has 0 N–H and O–H groups in total. The predicted octanol–water partition coefficient (Wildman–Crippen LogP) is 0.309. The van der Waals surface area contributed by atoms with Gasteiger partial charge in [0.15, 0.2) is 0 Å². The van der Waals surface area contributed by atoms with Gasteiger partial charge in [-0.05, 0) is 24.1 Å². The molecule has 1 aromatic carbocycles. The zero-order chi connectivity index (χ0) is 13.1. The van der Waals surface area contributed by atoms with Gasteiger partial charge < -0.3 is 17.7 Å². The quantitative estimate of drug-likeness (QED) is 0.560. The fourth-order valence-electron chi connectivity index (χ4n) is 1.26. The first-order valence-electron chi connectivity index (χ1n) is 5.46. The Balaban J connectivity index is 0.00000289. The van der Waals surface area contributed by atoms with Crippen LogP contribution < -0.4 is 61.6 Å². The fraction of sp³-hybridized carbons (Fsp3) is 0.455. The maximum atomic E-state index is 12.8. The van der Waals surface area contributed by atoms with Crippen LogP contribution in [0.4, 0.5) is 17.3 Å². The van der Waals surface area contributed by atoms with Crippen LogP contribution >= 0.6 is 0 Å². The van der Waals surface area contributed by atoms with Crippen LogP contribution in [0.15, 0.2) is 18.2 Å². The minimum Gasteiger partial charge on any atom is -0.496 e.